The van der Waals surface area contributed by atoms with Crippen molar-refractivity contribution in [1.82, 2.24) is 9.88 Å². The van der Waals surface area contributed by atoms with Gasteiger partial charge >= 0.3 is 5.97 Å². The van der Waals surface area contributed by atoms with Gasteiger partial charge in [-0.1, -0.05) is 19.1 Å². The molecule has 0 saturated carbocycles. The zero-order chi connectivity index (χ0) is 17.7. The van der Waals surface area contributed by atoms with E-state index in [0.29, 0.717) is 6.42 Å². The second kappa shape index (κ2) is 7.59. The summed E-state index contributed by atoms with van der Waals surface area (Å²) >= 11 is 0. The Balaban J connectivity index is 2.30. The largest absolute Gasteiger partial charge is 0.497 e. The monoisotopic (exact) mass is 328 g/mol. The summed E-state index contributed by atoms with van der Waals surface area (Å²) in [5, 5.41) is 9.05. The number of carbonyl (C=O) groups excluding carboxylic acids is 1. The Morgan fingerprint density at radius 1 is 1.29 bits per heavy atom. The van der Waals surface area contributed by atoms with Crippen molar-refractivity contribution < 1.29 is 19.4 Å². The standard InChI is InChI=1S/C18H20N2O4/c1-4-16(12-6-5-7-14(10-12)24-3)20(2)17(21)15-11-13(18(22)23)8-9-19-15/h5-11,16H,4H2,1-3H3,(H,22,23). The Labute approximate surface area is 140 Å². The predicted octanol–water partition coefficient (Wildman–Crippen LogP) is 3.01. The van der Waals surface area contributed by atoms with Crippen LogP contribution in [0.4, 0.5) is 0 Å². The molecule has 0 radical (unpaired) electrons. The van der Waals surface area contributed by atoms with Crippen LogP contribution < -0.4 is 4.74 Å². The van der Waals surface area contributed by atoms with Crippen molar-refractivity contribution in [2.45, 2.75) is 19.4 Å². The van der Waals surface area contributed by atoms with Gasteiger partial charge < -0.3 is 14.7 Å². The van der Waals surface area contributed by atoms with E-state index in [4.69, 9.17) is 9.84 Å². The van der Waals surface area contributed by atoms with Gasteiger partial charge in [-0.05, 0) is 36.2 Å². The number of hydrogen-bond acceptors (Lipinski definition) is 4. The third-order valence-electron chi connectivity index (χ3n) is 3.88. The molecule has 1 heterocycles. The molecular weight excluding hydrogens is 308 g/mol. The van der Waals surface area contributed by atoms with E-state index in [0.717, 1.165) is 11.3 Å². The lowest BCUT2D eigenvalue weighted by molar-refractivity contribution is 0.0696. The molecule has 0 aliphatic carbocycles. The molecule has 0 aliphatic rings. The summed E-state index contributed by atoms with van der Waals surface area (Å²) in [7, 11) is 3.28. The molecule has 1 aromatic heterocycles. The number of aromatic nitrogens is 1. The number of rotatable bonds is 6. The second-order valence-corrected chi connectivity index (χ2v) is 5.35. The van der Waals surface area contributed by atoms with Crippen molar-refractivity contribution in [1.29, 1.82) is 0 Å². The molecule has 1 amide bonds. The van der Waals surface area contributed by atoms with Crippen LogP contribution in [-0.2, 0) is 0 Å². The minimum absolute atomic E-state index is 0.0381. The summed E-state index contributed by atoms with van der Waals surface area (Å²) in [5.74, 6) is -0.695. The highest BCUT2D eigenvalue weighted by molar-refractivity contribution is 5.95. The van der Waals surface area contributed by atoms with Crippen LogP contribution in [-0.4, -0.2) is 41.0 Å². The van der Waals surface area contributed by atoms with Crippen LogP contribution in [0.3, 0.4) is 0 Å². The number of nitrogens with zero attached hydrogens (tertiary/aromatic N) is 2. The molecule has 1 unspecified atom stereocenters. The third-order valence-corrected chi connectivity index (χ3v) is 3.88. The maximum atomic E-state index is 12.7. The van der Waals surface area contributed by atoms with Crippen molar-refractivity contribution in [3.63, 3.8) is 0 Å². The number of ether oxygens (including phenoxy) is 1. The highest BCUT2D eigenvalue weighted by Gasteiger charge is 2.23. The molecule has 2 rings (SSSR count). The van der Waals surface area contributed by atoms with E-state index in [1.807, 2.05) is 31.2 Å². The van der Waals surface area contributed by atoms with Gasteiger partial charge in [-0.2, -0.15) is 0 Å². The minimum atomic E-state index is -1.09. The molecule has 24 heavy (non-hydrogen) atoms. The SMILES string of the molecule is CCC(c1cccc(OC)c1)N(C)C(=O)c1cc(C(=O)O)ccn1. The third kappa shape index (κ3) is 3.71. The first-order valence-corrected chi connectivity index (χ1v) is 7.58. The molecule has 1 N–H and O–H groups in total. The van der Waals surface area contributed by atoms with Crippen molar-refractivity contribution in [2.24, 2.45) is 0 Å². The fourth-order valence-corrected chi connectivity index (χ4v) is 2.58. The van der Waals surface area contributed by atoms with E-state index in [9.17, 15) is 9.59 Å². The first-order valence-electron chi connectivity index (χ1n) is 7.58. The topological polar surface area (TPSA) is 79.7 Å². The summed E-state index contributed by atoms with van der Waals surface area (Å²) in [5.41, 5.74) is 1.09. The molecule has 6 nitrogen and oxygen atoms in total. The molecular formula is C18H20N2O4. The van der Waals surface area contributed by atoms with Crippen molar-refractivity contribution in [3.05, 3.63) is 59.4 Å². The number of methoxy groups -OCH3 is 1. The second-order valence-electron chi connectivity index (χ2n) is 5.35. The van der Waals surface area contributed by atoms with Gasteiger partial charge in [0, 0.05) is 13.2 Å². The van der Waals surface area contributed by atoms with Gasteiger partial charge in [0.2, 0.25) is 0 Å². The molecule has 0 aliphatic heterocycles. The molecule has 1 atom stereocenters. The lowest BCUT2D eigenvalue weighted by Gasteiger charge is -2.27. The number of carboxylic acid groups (broad SMARTS) is 1. The Bertz CT molecular complexity index is 745. The Kier molecular flexibility index (Phi) is 5.52. The number of benzene rings is 1. The van der Waals surface area contributed by atoms with Gasteiger partial charge in [-0.15, -0.1) is 0 Å². The van der Waals surface area contributed by atoms with Crippen molar-refractivity contribution >= 4 is 11.9 Å². The van der Waals surface area contributed by atoms with E-state index < -0.39 is 5.97 Å². The molecule has 0 saturated heterocycles. The molecule has 0 fully saturated rings. The normalized spacial score (nSPS) is 11.6. The summed E-state index contributed by atoms with van der Waals surface area (Å²) < 4.78 is 5.24. The van der Waals surface area contributed by atoms with Gasteiger partial charge in [-0.3, -0.25) is 9.78 Å². The number of carbonyl (C=O) groups is 2. The highest BCUT2D eigenvalue weighted by Crippen LogP contribution is 2.27. The van der Waals surface area contributed by atoms with Crippen LogP contribution in [0.2, 0.25) is 0 Å². The summed E-state index contributed by atoms with van der Waals surface area (Å²) in [4.78, 5) is 29.3. The lowest BCUT2D eigenvalue weighted by Crippen LogP contribution is -2.31. The van der Waals surface area contributed by atoms with Gasteiger partial charge in [0.15, 0.2) is 0 Å². The zero-order valence-electron chi connectivity index (χ0n) is 13.9. The van der Waals surface area contributed by atoms with E-state index >= 15 is 0 Å². The molecule has 2 aromatic rings. The van der Waals surface area contributed by atoms with Crippen LogP contribution in [0.5, 0.6) is 5.75 Å². The molecule has 1 aromatic carbocycles. The number of pyridine rings is 1. The number of aromatic carboxylic acids is 1. The van der Waals surface area contributed by atoms with E-state index in [1.54, 1.807) is 19.1 Å². The molecule has 126 valence electrons. The average molecular weight is 328 g/mol. The quantitative estimate of drug-likeness (QED) is 0.881. The maximum absolute atomic E-state index is 12.7. The van der Waals surface area contributed by atoms with Gasteiger partial charge in [0.1, 0.15) is 11.4 Å². The smallest absolute Gasteiger partial charge is 0.335 e. The number of hydrogen-bond donors (Lipinski definition) is 1. The van der Waals surface area contributed by atoms with E-state index in [-0.39, 0.29) is 23.2 Å². The summed E-state index contributed by atoms with van der Waals surface area (Å²) in [6.45, 7) is 1.98. The van der Waals surface area contributed by atoms with Crippen LogP contribution in [0.1, 0.15) is 45.8 Å². The van der Waals surface area contributed by atoms with Crippen molar-refractivity contribution in [3.8, 4) is 5.75 Å². The predicted molar refractivity (Wildman–Crippen MR) is 89.3 cm³/mol. The number of amides is 1. The maximum Gasteiger partial charge on any atom is 0.335 e. The fourth-order valence-electron chi connectivity index (χ4n) is 2.58. The minimum Gasteiger partial charge on any atom is -0.497 e. The lowest BCUT2D eigenvalue weighted by atomic mass is 10.0. The Morgan fingerprint density at radius 3 is 2.67 bits per heavy atom. The van der Waals surface area contributed by atoms with Crippen LogP contribution in [0.15, 0.2) is 42.6 Å². The first-order chi connectivity index (χ1) is 11.5. The van der Waals surface area contributed by atoms with Crippen molar-refractivity contribution in [2.75, 3.05) is 14.2 Å². The first kappa shape index (κ1) is 17.5. The highest BCUT2D eigenvalue weighted by atomic mass is 16.5. The van der Waals surface area contributed by atoms with Crippen LogP contribution >= 0.6 is 0 Å². The average Bonchev–Trinajstić information content (AvgIpc) is 2.61. The van der Waals surface area contributed by atoms with Crippen LogP contribution in [0.25, 0.3) is 0 Å². The molecule has 6 heteroatoms. The van der Waals surface area contributed by atoms with Gasteiger partial charge in [0.25, 0.3) is 5.91 Å². The van der Waals surface area contributed by atoms with Crippen LogP contribution in [0, 0.1) is 0 Å². The van der Waals surface area contributed by atoms with E-state index in [2.05, 4.69) is 4.98 Å². The number of carboxylic acids is 1. The van der Waals surface area contributed by atoms with Gasteiger partial charge in [0.05, 0.1) is 18.7 Å². The molecule has 0 spiro atoms. The summed E-state index contributed by atoms with van der Waals surface area (Å²) in [6, 6.07) is 10.0. The Morgan fingerprint density at radius 2 is 2.04 bits per heavy atom. The molecule has 0 bridgehead atoms. The Hall–Kier alpha value is -2.89. The fraction of sp³-hybridized carbons (Fsp3) is 0.278. The summed E-state index contributed by atoms with van der Waals surface area (Å²) in [6.07, 6.45) is 2.03. The van der Waals surface area contributed by atoms with Gasteiger partial charge in [-0.25, -0.2) is 4.79 Å². The zero-order valence-corrected chi connectivity index (χ0v) is 13.9. The van der Waals surface area contributed by atoms with E-state index in [1.165, 1.54) is 18.3 Å².